The monoisotopic (exact) mass is 286 g/mol. The van der Waals surface area contributed by atoms with Gasteiger partial charge in [0, 0.05) is 5.39 Å². The molecule has 0 heterocycles. The largest absolute Gasteiger partial charge is 0.489 e. The Morgan fingerprint density at radius 1 is 1.20 bits per heavy atom. The molecule has 0 fully saturated rings. The van der Waals surface area contributed by atoms with Gasteiger partial charge >= 0.3 is 0 Å². The molecule has 0 aliphatic heterocycles. The molecule has 0 amide bonds. The van der Waals surface area contributed by atoms with Crippen molar-refractivity contribution in [2.24, 2.45) is 0 Å². The Labute approximate surface area is 125 Å². The van der Waals surface area contributed by atoms with Gasteiger partial charge in [-0.15, -0.1) is 11.6 Å². The van der Waals surface area contributed by atoms with Gasteiger partial charge in [-0.2, -0.15) is 0 Å². The summed E-state index contributed by atoms with van der Waals surface area (Å²) in [6.45, 7) is 4.26. The van der Waals surface area contributed by atoms with Gasteiger partial charge in [0.1, 0.15) is 5.75 Å². The molecule has 1 unspecified atom stereocenters. The lowest BCUT2D eigenvalue weighted by Gasteiger charge is -2.16. The molecule has 0 saturated heterocycles. The number of hydrogen-bond donors (Lipinski definition) is 0. The number of alkyl halides is 1. The lowest BCUT2D eigenvalue weighted by atomic mass is 10.0. The van der Waals surface area contributed by atoms with Crippen LogP contribution >= 0.6 is 11.6 Å². The van der Waals surface area contributed by atoms with E-state index in [2.05, 4.69) is 43.9 Å². The lowest BCUT2D eigenvalue weighted by molar-refractivity contribution is 0.209. The molecule has 0 aliphatic carbocycles. The SMILES string of the molecule is CCCC(C)Oc1ccc2ccccc2c1C#CCCl. The maximum atomic E-state index is 6.05. The van der Waals surface area contributed by atoms with E-state index in [1.54, 1.807) is 0 Å². The van der Waals surface area contributed by atoms with Gasteiger partial charge in [0.15, 0.2) is 0 Å². The summed E-state index contributed by atoms with van der Waals surface area (Å²) in [7, 11) is 0. The Kier molecular flexibility index (Phi) is 5.32. The highest BCUT2D eigenvalue weighted by atomic mass is 35.5. The first-order valence-electron chi connectivity index (χ1n) is 6.99. The summed E-state index contributed by atoms with van der Waals surface area (Å²) in [5, 5.41) is 2.29. The number of fused-ring (bicyclic) bond motifs is 1. The summed E-state index contributed by atoms with van der Waals surface area (Å²) in [6.07, 6.45) is 2.34. The van der Waals surface area contributed by atoms with E-state index in [1.165, 1.54) is 5.39 Å². The molecule has 0 aromatic heterocycles. The molecule has 2 heteroatoms. The van der Waals surface area contributed by atoms with Crippen LogP contribution in [0.1, 0.15) is 32.3 Å². The molecule has 20 heavy (non-hydrogen) atoms. The minimum Gasteiger partial charge on any atom is -0.489 e. The molecule has 0 bridgehead atoms. The predicted molar refractivity (Wildman–Crippen MR) is 86.5 cm³/mol. The first-order chi connectivity index (χ1) is 9.76. The molecule has 0 radical (unpaired) electrons. The van der Waals surface area contributed by atoms with Crippen molar-refractivity contribution in [1.82, 2.24) is 0 Å². The zero-order chi connectivity index (χ0) is 14.4. The predicted octanol–water partition coefficient (Wildman–Crippen LogP) is 5.00. The molecular weight excluding hydrogens is 268 g/mol. The third-order valence-electron chi connectivity index (χ3n) is 3.19. The van der Waals surface area contributed by atoms with Crippen molar-refractivity contribution in [3.63, 3.8) is 0 Å². The Morgan fingerprint density at radius 2 is 2.00 bits per heavy atom. The molecule has 2 rings (SSSR count). The van der Waals surface area contributed by atoms with Gasteiger partial charge in [-0.25, -0.2) is 0 Å². The molecule has 0 aliphatic rings. The normalized spacial score (nSPS) is 11.8. The van der Waals surface area contributed by atoms with Crippen molar-refractivity contribution in [2.75, 3.05) is 5.88 Å². The first kappa shape index (κ1) is 14.8. The smallest absolute Gasteiger partial charge is 0.135 e. The van der Waals surface area contributed by atoms with Crippen molar-refractivity contribution in [2.45, 2.75) is 32.8 Å². The molecule has 0 spiro atoms. The number of benzene rings is 2. The van der Waals surface area contributed by atoms with Crippen molar-refractivity contribution in [3.05, 3.63) is 42.0 Å². The minimum atomic E-state index is 0.192. The average Bonchev–Trinajstić information content (AvgIpc) is 2.46. The molecule has 2 aromatic rings. The van der Waals surface area contributed by atoms with Gasteiger partial charge < -0.3 is 4.74 Å². The topological polar surface area (TPSA) is 9.23 Å². The van der Waals surface area contributed by atoms with Crippen LogP contribution in [0.4, 0.5) is 0 Å². The van der Waals surface area contributed by atoms with E-state index in [4.69, 9.17) is 16.3 Å². The molecular formula is C18H19ClO. The Morgan fingerprint density at radius 3 is 2.75 bits per heavy atom. The van der Waals surface area contributed by atoms with Crippen LogP contribution in [0.3, 0.4) is 0 Å². The fourth-order valence-corrected chi connectivity index (χ4v) is 2.35. The third-order valence-corrected chi connectivity index (χ3v) is 3.33. The third kappa shape index (κ3) is 3.46. The van der Waals surface area contributed by atoms with E-state index in [1.807, 2.05) is 18.2 Å². The second-order valence-corrected chi connectivity index (χ2v) is 5.08. The quantitative estimate of drug-likeness (QED) is 0.568. The van der Waals surface area contributed by atoms with E-state index in [0.29, 0.717) is 5.88 Å². The van der Waals surface area contributed by atoms with Crippen molar-refractivity contribution in [3.8, 4) is 17.6 Å². The lowest BCUT2D eigenvalue weighted by Crippen LogP contribution is -2.11. The highest BCUT2D eigenvalue weighted by molar-refractivity contribution is 6.19. The van der Waals surface area contributed by atoms with Crippen molar-refractivity contribution >= 4 is 22.4 Å². The summed E-state index contributed by atoms with van der Waals surface area (Å²) < 4.78 is 6.05. The summed E-state index contributed by atoms with van der Waals surface area (Å²) in [6, 6.07) is 12.3. The Bertz CT molecular complexity index is 637. The van der Waals surface area contributed by atoms with E-state index < -0.39 is 0 Å². The number of ether oxygens (including phenoxy) is 1. The summed E-state index contributed by atoms with van der Waals surface area (Å²) in [5.41, 5.74) is 0.937. The van der Waals surface area contributed by atoms with E-state index in [0.717, 1.165) is 29.5 Å². The van der Waals surface area contributed by atoms with Crippen LogP contribution in [-0.2, 0) is 0 Å². The van der Waals surface area contributed by atoms with Crippen LogP contribution in [0.5, 0.6) is 5.75 Å². The number of halogens is 1. The van der Waals surface area contributed by atoms with Gasteiger partial charge in [0.25, 0.3) is 0 Å². The second-order valence-electron chi connectivity index (χ2n) is 4.81. The van der Waals surface area contributed by atoms with Crippen LogP contribution in [0.2, 0.25) is 0 Å². The van der Waals surface area contributed by atoms with Crippen LogP contribution in [0.15, 0.2) is 36.4 Å². The standard InChI is InChI=1S/C18H19ClO/c1-3-7-14(2)20-18-12-11-15-8-4-5-9-16(15)17(18)10-6-13-19/h4-5,8-9,11-12,14H,3,7,13H2,1-2H3. The van der Waals surface area contributed by atoms with E-state index in [-0.39, 0.29) is 6.10 Å². The summed E-state index contributed by atoms with van der Waals surface area (Å²) in [5.74, 6) is 7.26. The Balaban J connectivity index is 2.47. The highest BCUT2D eigenvalue weighted by Gasteiger charge is 2.09. The molecule has 0 saturated carbocycles. The van der Waals surface area contributed by atoms with Crippen LogP contribution in [0.25, 0.3) is 10.8 Å². The van der Waals surface area contributed by atoms with E-state index in [9.17, 15) is 0 Å². The van der Waals surface area contributed by atoms with E-state index >= 15 is 0 Å². The zero-order valence-electron chi connectivity index (χ0n) is 11.9. The highest BCUT2D eigenvalue weighted by Crippen LogP contribution is 2.28. The van der Waals surface area contributed by atoms with Crippen LogP contribution in [-0.4, -0.2) is 12.0 Å². The summed E-state index contributed by atoms with van der Waals surface area (Å²) in [4.78, 5) is 0. The van der Waals surface area contributed by atoms with Crippen LogP contribution in [0, 0.1) is 11.8 Å². The maximum Gasteiger partial charge on any atom is 0.135 e. The van der Waals surface area contributed by atoms with Crippen molar-refractivity contribution < 1.29 is 4.74 Å². The number of rotatable bonds is 4. The molecule has 104 valence electrons. The number of hydrogen-bond acceptors (Lipinski definition) is 1. The fraction of sp³-hybridized carbons (Fsp3) is 0.333. The Hall–Kier alpha value is -1.65. The second kappa shape index (κ2) is 7.22. The summed E-state index contributed by atoms with van der Waals surface area (Å²) >= 11 is 5.70. The van der Waals surface area contributed by atoms with Gasteiger partial charge in [-0.3, -0.25) is 0 Å². The molecule has 1 nitrogen and oxygen atoms in total. The van der Waals surface area contributed by atoms with Gasteiger partial charge in [0.2, 0.25) is 0 Å². The maximum absolute atomic E-state index is 6.05. The van der Waals surface area contributed by atoms with Gasteiger partial charge in [0.05, 0.1) is 17.5 Å². The molecule has 2 aromatic carbocycles. The van der Waals surface area contributed by atoms with Gasteiger partial charge in [-0.1, -0.05) is 55.5 Å². The van der Waals surface area contributed by atoms with Crippen LogP contribution < -0.4 is 4.74 Å². The van der Waals surface area contributed by atoms with Gasteiger partial charge in [-0.05, 0) is 24.8 Å². The zero-order valence-corrected chi connectivity index (χ0v) is 12.7. The fourth-order valence-electron chi connectivity index (χ4n) is 2.28. The first-order valence-corrected chi connectivity index (χ1v) is 7.53. The van der Waals surface area contributed by atoms with Crippen molar-refractivity contribution in [1.29, 1.82) is 0 Å². The molecule has 1 atom stereocenters. The minimum absolute atomic E-state index is 0.192. The average molecular weight is 287 g/mol. The molecule has 0 N–H and O–H groups in total.